The first-order valence-electron chi connectivity index (χ1n) is 10.8. The van der Waals surface area contributed by atoms with E-state index in [0.717, 1.165) is 22.0 Å². The maximum absolute atomic E-state index is 13.2. The Hall–Kier alpha value is -3.62. The molecule has 0 aliphatic heterocycles. The molecule has 174 valence electrons. The maximum atomic E-state index is 13.2. The van der Waals surface area contributed by atoms with Gasteiger partial charge in [-0.15, -0.1) is 0 Å². The summed E-state index contributed by atoms with van der Waals surface area (Å²) in [5.41, 5.74) is 3.18. The Morgan fingerprint density at radius 1 is 1.09 bits per heavy atom. The molecule has 0 saturated heterocycles. The number of halogens is 1. The first-order valence-corrected chi connectivity index (χ1v) is 11.6. The van der Waals surface area contributed by atoms with Crippen molar-refractivity contribution in [2.45, 2.75) is 24.1 Å². The second kappa shape index (κ2) is 11.0. The Morgan fingerprint density at radius 2 is 1.85 bits per heavy atom. The molecule has 0 fully saturated rings. The molecule has 0 spiro atoms. The summed E-state index contributed by atoms with van der Waals surface area (Å²) in [5.74, 6) is 0.353. The average molecular weight is 476 g/mol. The van der Waals surface area contributed by atoms with E-state index in [1.165, 1.54) is 30.3 Å². The van der Waals surface area contributed by atoms with Crippen molar-refractivity contribution in [3.8, 4) is 5.75 Å². The third kappa shape index (κ3) is 6.03. The number of hydrogen-bond donors (Lipinski definition) is 3. The number of imidazole rings is 1. The summed E-state index contributed by atoms with van der Waals surface area (Å²) in [6, 6.07) is 21.6. The smallest absolute Gasteiger partial charge is 0.140 e. The lowest BCUT2D eigenvalue weighted by atomic mass is 10.0. The van der Waals surface area contributed by atoms with Gasteiger partial charge in [-0.3, -0.25) is 4.72 Å². The molecular formula is C26H26FN5OS. The third-order valence-electron chi connectivity index (χ3n) is 5.18. The van der Waals surface area contributed by atoms with E-state index in [2.05, 4.69) is 21.9 Å². The molecule has 4 rings (SSSR count). The van der Waals surface area contributed by atoms with Crippen LogP contribution in [0.25, 0.3) is 0 Å². The minimum atomic E-state index is -0.294. The summed E-state index contributed by atoms with van der Waals surface area (Å²) in [5, 5.41) is 12.0. The number of nitrogens with zero attached hydrogens (tertiary/aromatic N) is 2. The number of benzene rings is 3. The highest BCUT2D eigenvalue weighted by molar-refractivity contribution is 7.97. The number of nitrogens with one attached hydrogen (secondary N) is 3. The zero-order valence-electron chi connectivity index (χ0n) is 18.9. The second-order valence-corrected chi connectivity index (χ2v) is 8.72. The predicted octanol–water partition coefficient (Wildman–Crippen LogP) is 6.11. The van der Waals surface area contributed by atoms with Crippen molar-refractivity contribution in [1.29, 1.82) is 5.41 Å². The molecule has 1 unspecified atom stereocenters. The lowest BCUT2D eigenvalue weighted by Crippen LogP contribution is -2.31. The fraction of sp³-hybridized carbons (Fsp3) is 0.154. The maximum Gasteiger partial charge on any atom is 0.140 e. The number of rotatable bonds is 10. The molecule has 0 aliphatic carbocycles. The van der Waals surface area contributed by atoms with E-state index in [4.69, 9.17) is 10.1 Å². The topological polar surface area (TPSA) is 75.0 Å². The normalized spacial score (nSPS) is 12.7. The van der Waals surface area contributed by atoms with Gasteiger partial charge >= 0.3 is 0 Å². The Kier molecular flexibility index (Phi) is 7.61. The molecule has 0 bridgehead atoms. The van der Waals surface area contributed by atoms with Crippen LogP contribution in [-0.4, -0.2) is 21.8 Å². The third-order valence-corrected chi connectivity index (χ3v) is 6.09. The van der Waals surface area contributed by atoms with Gasteiger partial charge in [-0.1, -0.05) is 30.3 Å². The molecule has 34 heavy (non-hydrogen) atoms. The van der Waals surface area contributed by atoms with Gasteiger partial charge in [0.1, 0.15) is 22.7 Å². The monoisotopic (exact) mass is 475 g/mol. The van der Waals surface area contributed by atoms with E-state index in [0.29, 0.717) is 11.3 Å². The molecule has 4 aromatic rings. The van der Waals surface area contributed by atoms with Crippen LogP contribution in [0.15, 0.2) is 90.3 Å². The molecule has 3 aromatic carbocycles. The summed E-state index contributed by atoms with van der Waals surface area (Å²) < 4.78 is 25.0. The van der Waals surface area contributed by atoms with Crippen molar-refractivity contribution in [3.63, 3.8) is 0 Å². The number of aryl methyl sites for hydroxylation is 1. The van der Waals surface area contributed by atoms with E-state index >= 15 is 0 Å². The van der Waals surface area contributed by atoms with Gasteiger partial charge in [0.05, 0.1) is 12.4 Å². The standard InChI is InChI=1S/C26H26FN5OS/c1-18(31-34-25-16-32(2)17-29-25)26(19-6-4-3-5-7-19)33-23-12-13-24(20(14-23)15-28)30-22-10-8-21(27)9-11-22/h3-18,26,28,30-31H,1-2H3/t18?,26-/m0/s1. The van der Waals surface area contributed by atoms with Gasteiger partial charge in [-0.05, 0) is 66.9 Å². The quantitative estimate of drug-likeness (QED) is 0.191. The highest BCUT2D eigenvalue weighted by Gasteiger charge is 2.22. The fourth-order valence-corrected chi connectivity index (χ4v) is 4.19. The number of anilines is 2. The SMILES string of the molecule is CC(NSc1cn(C)cn1)[C@H](Oc1ccc(Nc2ccc(F)cc2)c(C=N)c1)c1ccccc1. The van der Waals surface area contributed by atoms with E-state index in [1.54, 1.807) is 18.5 Å². The van der Waals surface area contributed by atoms with Gasteiger partial charge in [-0.25, -0.2) is 9.37 Å². The van der Waals surface area contributed by atoms with Gasteiger partial charge in [0.2, 0.25) is 0 Å². The van der Waals surface area contributed by atoms with Crippen LogP contribution in [0, 0.1) is 11.2 Å². The summed E-state index contributed by atoms with van der Waals surface area (Å²) in [6.45, 7) is 2.07. The lowest BCUT2D eigenvalue weighted by Gasteiger charge is -2.26. The Balaban J connectivity index is 1.53. The molecule has 6 nitrogen and oxygen atoms in total. The van der Waals surface area contributed by atoms with Crippen molar-refractivity contribution >= 4 is 29.5 Å². The zero-order valence-corrected chi connectivity index (χ0v) is 19.7. The molecular weight excluding hydrogens is 449 g/mol. The molecule has 0 saturated carbocycles. The first-order chi connectivity index (χ1) is 16.5. The summed E-state index contributed by atoms with van der Waals surface area (Å²) in [4.78, 5) is 4.35. The Labute approximate surface area is 202 Å². The highest BCUT2D eigenvalue weighted by atomic mass is 32.2. The van der Waals surface area contributed by atoms with E-state index in [1.807, 2.05) is 66.3 Å². The van der Waals surface area contributed by atoms with Crippen LogP contribution < -0.4 is 14.8 Å². The van der Waals surface area contributed by atoms with Crippen LogP contribution in [-0.2, 0) is 7.05 Å². The van der Waals surface area contributed by atoms with Gasteiger partial charge in [0.25, 0.3) is 0 Å². The molecule has 0 amide bonds. The molecule has 0 aliphatic rings. The van der Waals surface area contributed by atoms with Crippen molar-refractivity contribution in [2.24, 2.45) is 7.05 Å². The molecule has 1 aromatic heterocycles. The Bertz CT molecular complexity index is 1230. The van der Waals surface area contributed by atoms with Crippen LogP contribution in [0.5, 0.6) is 5.75 Å². The Morgan fingerprint density at radius 3 is 2.53 bits per heavy atom. The first kappa shape index (κ1) is 23.5. The van der Waals surface area contributed by atoms with E-state index < -0.39 is 0 Å². The minimum absolute atomic E-state index is 0.0464. The predicted molar refractivity (Wildman–Crippen MR) is 135 cm³/mol. The van der Waals surface area contributed by atoms with E-state index in [-0.39, 0.29) is 18.0 Å². The van der Waals surface area contributed by atoms with Gasteiger partial charge in [0, 0.05) is 36.4 Å². The minimum Gasteiger partial charge on any atom is -0.484 e. The van der Waals surface area contributed by atoms with Crippen molar-refractivity contribution < 1.29 is 9.13 Å². The number of ether oxygens (including phenoxy) is 1. The fourth-order valence-electron chi connectivity index (χ4n) is 3.44. The zero-order chi connectivity index (χ0) is 23.9. The van der Waals surface area contributed by atoms with Crippen molar-refractivity contribution in [2.75, 3.05) is 5.32 Å². The molecule has 2 atom stereocenters. The van der Waals surface area contributed by atoms with E-state index in [9.17, 15) is 4.39 Å². The summed E-state index contributed by atoms with van der Waals surface area (Å²) in [7, 11) is 1.94. The van der Waals surface area contributed by atoms with Crippen LogP contribution >= 0.6 is 11.9 Å². The van der Waals surface area contributed by atoms with Gasteiger partial charge in [-0.2, -0.15) is 0 Å². The van der Waals surface area contributed by atoms with Gasteiger partial charge < -0.3 is 20.0 Å². The van der Waals surface area contributed by atoms with Crippen LogP contribution in [0.2, 0.25) is 0 Å². The number of aromatic nitrogens is 2. The molecule has 8 heteroatoms. The highest BCUT2D eigenvalue weighted by Crippen LogP contribution is 2.30. The van der Waals surface area contributed by atoms with Crippen LogP contribution in [0.3, 0.4) is 0 Å². The van der Waals surface area contributed by atoms with Gasteiger partial charge in [0.15, 0.2) is 0 Å². The summed E-state index contributed by atoms with van der Waals surface area (Å²) in [6.07, 6.45) is 4.72. The van der Waals surface area contributed by atoms with Crippen molar-refractivity contribution in [1.82, 2.24) is 14.3 Å². The average Bonchev–Trinajstić information content (AvgIpc) is 3.28. The second-order valence-electron chi connectivity index (χ2n) is 7.86. The largest absolute Gasteiger partial charge is 0.484 e. The van der Waals surface area contributed by atoms with Crippen LogP contribution in [0.1, 0.15) is 24.2 Å². The molecule has 1 heterocycles. The van der Waals surface area contributed by atoms with Crippen molar-refractivity contribution in [3.05, 3.63) is 102 Å². The summed E-state index contributed by atoms with van der Waals surface area (Å²) >= 11 is 1.46. The number of hydrogen-bond acceptors (Lipinski definition) is 6. The lowest BCUT2D eigenvalue weighted by molar-refractivity contribution is 0.174. The molecule has 3 N–H and O–H groups in total. The van der Waals surface area contributed by atoms with Crippen LogP contribution in [0.4, 0.5) is 15.8 Å². The molecule has 0 radical (unpaired) electrons.